The fourth-order valence-electron chi connectivity index (χ4n) is 2.31. The predicted molar refractivity (Wildman–Crippen MR) is 96.5 cm³/mol. The molecule has 0 spiro atoms. The van der Waals surface area contributed by atoms with Gasteiger partial charge in [-0.2, -0.15) is 0 Å². The van der Waals surface area contributed by atoms with Crippen molar-refractivity contribution in [1.82, 2.24) is 4.98 Å². The lowest BCUT2D eigenvalue weighted by Gasteiger charge is -2.15. The number of carboxylic acid groups (broad SMARTS) is 1. The number of carboxylic acids is 1. The summed E-state index contributed by atoms with van der Waals surface area (Å²) in [5, 5.41) is 8.71. The molecule has 1 aromatic rings. The molecule has 138 valence electrons. The molecule has 0 saturated carbocycles. The van der Waals surface area contributed by atoms with Crippen molar-refractivity contribution in [3.05, 3.63) is 28.5 Å². The van der Waals surface area contributed by atoms with Crippen LogP contribution in [0.2, 0.25) is 0 Å². The molecule has 0 aliphatic carbocycles. The van der Waals surface area contributed by atoms with Gasteiger partial charge in [0.05, 0.1) is 5.92 Å². The number of aromatic nitrogens is 1. The molecular formula is C18H24BrNO5. The minimum atomic E-state index is -0.884. The van der Waals surface area contributed by atoms with Gasteiger partial charge in [-0.05, 0) is 40.8 Å². The zero-order valence-corrected chi connectivity index (χ0v) is 16.1. The van der Waals surface area contributed by atoms with Gasteiger partial charge in [-0.3, -0.25) is 19.4 Å². The molecule has 7 heteroatoms. The summed E-state index contributed by atoms with van der Waals surface area (Å²) in [4.78, 5) is 39.7. The first-order valence-electron chi connectivity index (χ1n) is 8.28. The van der Waals surface area contributed by atoms with Crippen LogP contribution in [0.5, 0.6) is 0 Å². The molecule has 0 amide bonds. The van der Waals surface area contributed by atoms with E-state index >= 15 is 0 Å². The highest BCUT2D eigenvalue weighted by molar-refractivity contribution is 9.10. The van der Waals surface area contributed by atoms with Gasteiger partial charge >= 0.3 is 5.97 Å². The van der Waals surface area contributed by atoms with Gasteiger partial charge in [0.1, 0.15) is 6.61 Å². The third-order valence-electron chi connectivity index (χ3n) is 3.52. The summed E-state index contributed by atoms with van der Waals surface area (Å²) in [5.41, 5.74) is 0.356. The van der Waals surface area contributed by atoms with Crippen molar-refractivity contribution in [2.45, 2.75) is 39.5 Å². The normalized spacial score (nSPS) is 12.2. The maximum atomic E-state index is 12.7. The molecule has 0 aromatic carbocycles. The van der Waals surface area contributed by atoms with Crippen molar-refractivity contribution in [2.75, 3.05) is 13.2 Å². The van der Waals surface area contributed by atoms with Crippen molar-refractivity contribution in [3.63, 3.8) is 0 Å². The monoisotopic (exact) mass is 413 g/mol. The average Bonchev–Trinajstić information content (AvgIpc) is 2.53. The summed E-state index contributed by atoms with van der Waals surface area (Å²) in [7, 11) is 0. The molecule has 1 atom stereocenters. The molecule has 6 nitrogen and oxygen atoms in total. The highest BCUT2D eigenvalue weighted by Gasteiger charge is 2.27. The zero-order chi connectivity index (χ0) is 18.8. The number of halogens is 1. The predicted octanol–water partition coefficient (Wildman–Crippen LogP) is 3.53. The van der Waals surface area contributed by atoms with Crippen molar-refractivity contribution < 1.29 is 24.2 Å². The van der Waals surface area contributed by atoms with Crippen molar-refractivity contribution in [3.8, 4) is 0 Å². The lowest BCUT2D eigenvalue weighted by molar-refractivity contribution is -0.137. The van der Waals surface area contributed by atoms with Crippen LogP contribution >= 0.6 is 15.9 Å². The Labute approximate surface area is 156 Å². The third kappa shape index (κ3) is 8.36. The molecule has 1 aromatic heterocycles. The Kier molecular flexibility index (Phi) is 9.52. The van der Waals surface area contributed by atoms with E-state index in [1.54, 1.807) is 12.3 Å². The lowest BCUT2D eigenvalue weighted by atomic mass is 9.89. The van der Waals surface area contributed by atoms with Crippen LogP contribution in [0.1, 0.15) is 49.9 Å². The average molecular weight is 414 g/mol. The van der Waals surface area contributed by atoms with Crippen molar-refractivity contribution in [2.24, 2.45) is 11.8 Å². The zero-order valence-electron chi connectivity index (χ0n) is 14.5. The lowest BCUT2D eigenvalue weighted by Crippen LogP contribution is -2.28. The first kappa shape index (κ1) is 21.4. The Morgan fingerprint density at radius 1 is 1.24 bits per heavy atom. The Hall–Kier alpha value is -1.60. The van der Waals surface area contributed by atoms with Gasteiger partial charge in [-0.1, -0.05) is 20.3 Å². The molecule has 0 aliphatic heterocycles. The highest BCUT2D eigenvalue weighted by Crippen LogP contribution is 2.20. The van der Waals surface area contributed by atoms with E-state index in [0.29, 0.717) is 41.8 Å². The highest BCUT2D eigenvalue weighted by atomic mass is 79.9. The van der Waals surface area contributed by atoms with Crippen LogP contribution in [0.4, 0.5) is 0 Å². The summed E-state index contributed by atoms with van der Waals surface area (Å²) < 4.78 is 6.03. The minimum Gasteiger partial charge on any atom is -0.481 e. The summed E-state index contributed by atoms with van der Waals surface area (Å²) in [6, 6.07) is 1.63. The van der Waals surface area contributed by atoms with Crippen LogP contribution in [0.15, 0.2) is 22.9 Å². The molecule has 0 fully saturated rings. The number of aliphatic carboxylic acids is 1. The Morgan fingerprint density at radius 2 is 1.96 bits per heavy atom. The second kappa shape index (κ2) is 11.1. The fraction of sp³-hybridized carbons (Fsp3) is 0.556. The molecule has 25 heavy (non-hydrogen) atoms. The number of carbonyl (C=O) groups excluding carboxylic acids is 2. The summed E-state index contributed by atoms with van der Waals surface area (Å²) in [6.45, 7) is 4.29. The van der Waals surface area contributed by atoms with Crippen LogP contribution in [-0.2, 0) is 14.3 Å². The molecule has 1 unspecified atom stereocenters. The van der Waals surface area contributed by atoms with E-state index in [2.05, 4.69) is 20.9 Å². The summed E-state index contributed by atoms with van der Waals surface area (Å²) in [5.74, 6) is -2.00. The maximum Gasteiger partial charge on any atom is 0.303 e. The standard InChI is InChI=1S/C18H24BrNO5/c1-12(2)10-25-11-16(21)15(5-3-4-6-17(22)23)18(24)13-7-14(19)9-20-8-13/h7-9,12,15H,3-6,10-11H2,1-2H3,(H,22,23). The van der Waals surface area contributed by atoms with E-state index in [1.165, 1.54) is 6.20 Å². The van der Waals surface area contributed by atoms with Crippen LogP contribution < -0.4 is 0 Å². The van der Waals surface area contributed by atoms with Gasteiger partial charge in [0.15, 0.2) is 11.6 Å². The van der Waals surface area contributed by atoms with E-state index in [0.717, 1.165) is 0 Å². The van der Waals surface area contributed by atoms with Crippen molar-refractivity contribution >= 4 is 33.5 Å². The maximum absolute atomic E-state index is 12.7. The van der Waals surface area contributed by atoms with Gasteiger partial charge < -0.3 is 9.84 Å². The van der Waals surface area contributed by atoms with Crippen molar-refractivity contribution in [1.29, 1.82) is 0 Å². The molecule has 0 saturated heterocycles. The first-order valence-corrected chi connectivity index (χ1v) is 9.07. The Morgan fingerprint density at radius 3 is 2.56 bits per heavy atom. The minimum absolute atomic E-state index is 0.0252. The Bertz CT molecular complexity index is 603. The second-order valence-corrected chi connectivity index (χ2v) is 7.24. The Balaban J connectivity index is 2.76. The molecule has 1 heterocycles. The third-order valence-corrected chi connectivity index (χ3v) is 3.96. The molecule has 1 N–H and O–H groups in total. The molecular weight excluding hydrogens is 390 g/mol. The first-order chi connectivity index (χ1) is 11.8. The second-order valence-electron chi connectivity index (χ2n) is 6.32. The van der Waals surface area contributed by atoms with Gasteiger partial charge in [-0.25, -0.2) is 0 Å². The number of rotatable bonds is 12. The number of hydrogen-bond donors (Lipinski definition) is 1. The van der Waals surface area contributed by atoms with Crippen LogP contribution in [0, 0.1) is 11.8 Å². The van der Waals surface area contributed by atoms with Gasteiger partial charge in [-0.15, -0.1) is 0 Å². The van der Waals surface area contributed by atoms with Crippen LogP contribution in [0.25, 0.3) is 0 Å². The number of unbranched alkanes of at least 4 members (excludes halogenated alkanes) is 1. The summed E-state index contributed by atoms with van der Waals surface area (Å²) >= 11 is 3.26. The number of hydrogen-bond acceptors (Lipinski definition) is 5. The number of nitrogens with zero attached hydrogens (tertiary/aromatic N) is 1. The van der Waals surface area contributed by atoms with Gasteiger partial charge in [0.25, 0.3) is 0 Å². The number of carbonyl (C=O) groups is 3. The van der Waals surface area contributed by atoms with E-state index in [-0.39, 0.29) is 24.6 Å². The summed E-state index contributed by atoms with van der Waals surface area (Å²) in [6.07, 6.45) is 4.24. The smallest absolute Gasteiger partial charge is 0.303 e. The molecule has 1 rings (SSSR count). The SMILES string of the molecule is CC(C)COCC(=O)C(CCCCC(=O)O)C(=O)c1cncc(Br)c1. The molecule has 0 bridgehead atoms. The largest absolute Gasteiger partial charge is 0.481 e. The van der Waals surface area contributed by atoms with E-state index in [9.17, 15) is 14.4 Å². The van der Waals surface area contributed by atoms with E-state index < -0.39 is 11.9 Å². The number of ketones is 2. The molecule has 0 radical (unpaired) electrons. The van der Waals surface area contributed by atoms with Crippen LogP contribution in [-0.4, -0.2) is 40.8 Å². The fourth-order valence-corrected chi connectivity index (χ4v) is 2.67. The topological polar surface area (TPSA) is 93.6 Å². The van der Waals surface area contributed by atoms with E-state index in [1.807, 2.05) is 13.8 Å². The van der Waals surface area contributed by atoms with Gasteiger partial charge in [0, 0.05) is 35.5 Å². The quantitative estimate of drug-likeness (QED) is 0.320. The number of Topliss-reactive ketones (excluding diaryl/α,β-unsaturated/α-hetero) is 2. The van der Waals surface area contributed by atoms with Gasteiger partial charge in [0.2, 0.25) is 0 Å². The number of pyridine rings is 1. The number of ether oxygens (including phenoxy) is 1. The van der Waals surface area contributed by atoms with E-state index in [4.69, 9.17) is 9.84 Å². The van der Waals surface area contributed by atoms with Crippen LogP contribution in [0.3, 0.4) is 0 Å². The molecule has 0 aliphatic rings.